The lowest BCUT2D eigenvalue weighted by Gasteiger charge is -2.08. The van der Waals surface area contributed by atoms with Crippen molar-refractivity contribution >= 4 is 28.9 Å². The van der Waals surface area contributed by atoms with Gasteiger partial charge in [0.05, 0.1) is 15.6 Å². The lowest BCUT2D eigenvalue weighted by molar-refractivity contribution is -0.385. The first-order valence-electron chi connectivity index (χ1n) is 6.21. The maximum atomic E-state index is 12.1. The van der Waals surface area contributed by atoms with E-state index in [0.717, 1.165) is 5.56 Å². The molecule has 0 radical (unpaired) electrons. The summed E-state index contributed by atoms with van der Waals surface area (Å²) in [5.41, 5.74) is 2.07. The van der Waals surface area contributed by atoms with E-state index < -0.39 is 10.8 Å². The number of anilines is 1. The number of rotatable bonds is 3. The van der Waals surface area contributed by atoms with Crippen LogP contribution in [0.4, 0.5) is 11.4 Å². The van der Waals surface area contributed by atoms with Gasteiger partial charge in [-0.3, -0.25) is 14.9 Å². The van der Waals surface area contributed by atoms with Crippen LogP contribution in [-0.2, 0) is 0 Å². The SMILES string of the molecule is Cc1ccc(NC(=O)c2ccc(C)c([N+](=O)[O-])c2)c(Cl)c1. The highest BCUT2D eigenvalue weighted by atomic mass is 35.5. The number of carbonyl (C=O) groups is 1. The molecule has 2 aromatic carbocycles. The topological polar surface area (TPSA) is 72.2 Å². The van der Waals surface area contributed by atoms with Crippen LogP contribution in [0, 0.1) is 24.0 Å². The third-order valence-electron chi connectivity index (χ3n) is 3.04. The zero-order chi connectivity index (χ0) is 15.6. The zero-order valence-electron chi connectivity index (χ0n) is 11.5. The molecule has 0 fully saturated rings. The van der Waals surface area contributed by atoms with Gasteiger partial charge in [0.15, 0.2) is 0 Å². The first-order valence-corrected chi connectivity index (χ1v) is 6.59. The molecule has 2 aromatic rings. The van der Waals surface area contributed by atoms with Crippen molar-refractivity contribution in [2.75, 3.05) is 5.32 Å². The molecular weight excluding hydrogens is 292 g/mol. The quantitative estimate of drug-likeness (QED) is 0.685. The Balaban J connectivity index is 2.28. The summed E-state index contributed by atoms with van der Waals surface area (Å²) in [6.07, 6.45) is 0. The molecule has 0 unspecified atom stereocenters. The molecule has 0 atom stereocenters. The number of hydrogen-bond donors (Lipinski definition) is 1. The van der Waals surface area contributed by atoms with Gasteiger partial charge in [0.2, 0.25) is 0 Å². The van der Waals surface area contributed by atoms with Gasteiger partial charge >= 0.3 is 0 Å². The Labute approximate surface area is 126 Å². The van der Waals surface area contributed by atoms with Crippen LogP contribution in [0.15, 0.2) is 36.4 Å². The molecular formula is C15H13ClN2O3. The van der Waals surface area contributed by atoms with Crippen molar-refractivity contribution in [3.05, 3.63) is 68.2 Å². The fourth-order valence-electron chi connectivity index (χ4n) is 1.86. The van der Waals surface area contributed by atoms with Gasteiger partial charge in [0.25, 0.3) is 11.6 Å². The van der Waals surface area contributed by atoms with Crippen LogP contribution in [0.1, 0.15) is 21.5 Å². The van der Waals surface area contributed by atoms with Gasteiger partial charge in [0.1, 0.15) is 0 Å². The first kappa shape index (κ1) is 15.0. The molecule has 0 saturated carbocycles. The number of halogens is 1. The largest absolute Gasteiger partial charge is 0.321 e. The Hall–Kier alpha value is -2.40. The molecule has 5 nitrogen and oxygen atoms in total. The maximum Gasteiger partial charge on any atom is 0.273 e. The van der Waals surface area contributed by atoms with E-state index in [1.807, 2.05) is 13.0 Å². The molecule has 0 saturated heterocycles. The molecule has 21 heavy (non-hydrogen) atoms. The smallest absolute Gasteiger partial charge is 0.273 e. The number of nitro groups is 1. The van der Waals surface area contributed by atoms with E-state index in [-0.39, 0.29) is 11.3 Å². The van der Waals surface area contributed by atoms with Gasteiger partial charge in [-0.1, -0.05) is 23.7 Å². The molecule has 108 valence electrons. The van der Waals surface area contributed by atoms with Crippen LogP contribution in [0.3, 0.4) is 0 Å². The summed E-state index contributed by atoms with van der Waals surface area (Å²) < 4.78 is 0. The predicted octanol–water partition coefficient (Wildman–Crippen LogP) is 4.12. The summed E-state index contributed by atoms with van der Waals surface area (Å²) in [5, 5.41) is 14.0. The zero-order valence-corrected chi connectivity index (χ0v) is 12.3. The molecule has 0 aromatic heterocycles. The summed E-state index contributed by atoms with van der Waals surface area (Å²) in [6, 6.07) is 9.59. The predicted molar refractivity (Wildman–Crippen MR) is 82.0 cm³/mol. The van der Waals surface area contributed by atoms with Gasteiger partial charge in [-0.25, -0.2) is 0 Å². The Bertz CT molecular complexity index is 729. The normalized spacial score (nSPS) is 10.2. The average Bonchev–Trinajstić information content (AvgIpc) is 2.42. The number of nitro benzene ring substituents is 1. The Morgan fingerprint density at radius 2 is 1.90 bits per heavy atom. The average molecular weight is 305 g/mol. The van der Waals surface area contributed by atoms with Crippen LogP contribution < -0.4 is 5.32 Å². The van der Waals surface area contributed by atoms with E-state index >= 15 is 0 Å². The fourth-order valence-corrected chi connectivity index (χ4v) is 2.15. The Morgan fingerprint density at radius 3 is 2.52 bits per heavy atom. The van der Waals surface area contributed by atoms with Crippen molar-refractivity contribution in [2.45, 2.75) is 13.8 Å². The van der Waals surface area contributed by atoms with Crippen LogP contribution >= 0.6 is 11.6 Å². The summed E-state index contributed by atoms with van der Waals surface area (Å²) in [6.45, 7) is 3.51. The summed E-state index contributed by atoms with van der Waals surface area (Å²) in [4.78, 5) is 22.5. The molecule has 0 aliphatic rings. The minimum atomic E-state index is -0.509. The fraction of sp³-hybridized carbons (Fsp3) is 0.133. The number of amides is 1. The second-order valence-corrected chi connectivity index (χ2v) is 5.10. The van der Waals surface area contributed by atoms with Crippen LogP contribution in [0.2, 0.25) is 5.02 Å². The second kappa shape index (κ2) is 5.93. The Morgan fingerprint density at radius 1 is 1.19 bits per heavy atom. The number of benzene rings is 2. The molecule has 0 bridgehead atoms. The lowest BCUT2D eigenvalue weighted by Crippen LogP contribution is -2.12. The van der Waals surface area contributed by atoms with Crippen LogP contribution in [0.25, 0.3) is 0 Å². The van der Waals surface area contributed by atoms with Crippen molar-refractivity contribution in [3.63, 3.8) is 0 Å². The second-order valence-electron chi connectivity index (χ2n) is 4.70. The highest BCUT2D eigenvalue weighted by Gasteiger charge is 2.15. The number of hydrogen-bond acceptors (Lipinski definition) is 3. The van der Waals surface area contributed by atoms with E-state index in [1.165, 1.54) is 6.07 Å². The molecule has 0 aliphatic carbocycles. The van der Waals surface area contributed by atoms with E-state index in [4.69, 9.17) is 11.6 Å². The van der Waals surface area contributed by atoms with E-state index in [9.17, 15) is 14.9 Å². The first-order chi connectivity index (χ1) is 9.88. The van der Waals surface area contributed by atoms with Gasteiger partial charge in [-0.05, 0) is 37.6 Å². The standard InChI is InChI=1S/C15H13ClN2O3/c1-9-3-6-13(12(16)7-9)17-15(19)11-5-4-10(2)14(8-11)18(20)21/h3-8H,1-2H3,(H,17,19). The monoisotopic (exact) mass is 304 g/mol. The molecule has 2 rings (SSSR count). The highest BCUT2D eigenvalue weighted by molar-refractivity contribution is 6.34. The van der Waals surface area contributed by atoms with Gasteiger partial charge in [0, 0.05) is 17.2 Å². The molecule has 0 heterocycles. The third-order valence-corrected chi connectivity index (χ3v) is 3.35. The summed E-state index contributed by atoms with van der Waals surface area (Å²) in [7, 11) is 0. The van der Waals surface area contributed by atoms with E-state index in [2.05, 4.69) is 5.32 Å². The lowest BCUT2D eigenvalue weighted by atomic mass is 10.1. The molecule has 1 amide bonds. The van der Waals surface area contributed by atoms with Crippen molar-refractivity contribution in [2.24, 2.45) is 0 Å². The number of aryl methyl sites for hydroxylation is 2. The maximum absolute atomic E-state index is 12.1. The van der Waals surface area contributed by atoms with E-state index in [0.29, 0.717) is 16.3 Å². The van der Waals surface area contributed by atoms with E-state index in [1.54, 1.807) is 31.2 Å². The van der Waals surface area contributed by atoms with Gasteiger partial charge in [-0.15, -0.1) is 0 Å². The van der Waals surface area contributed by atoms with Crippen LogP contribution in [0.5, 0.6) is 0 Å². The van der Waals surface area contributed by atoms with Gasteiger partial charge < -0.3 is 5.32 Å². The van der Waals surface area contributed by atoms with Crippen molar-refractivity contribution in [3.8, 4) is 0 Å². The third kappa shape index (κ3) is 3.38. The highest BCUT2D eigenvalue weighted by Crippen LogP contribution is 2.24. The summed E-state index contributed by atoms with van der Waals surface area (Å²) in [5.74, 6) is -0.441. The summed E-state index contributed by atoms with van der Waals surface area (Å²) >= 11 is 6.05. The molecule has 6 heteroatoms. The minimum Gasteiger partial charge on any atom is -0.321 e. The number of nitrogens with one attached hydrogen (secondary N) is 1. The van der Waals surface area contributed by atoms with Crippen molar-refractivity contribution in [1.82, 2.24) is 0 Å². The minimum absolute atomic E-state index is 0.0855. The molecule has 0 aliphatic heterocycles. The molecule has 0 spiro atoms. The Kier molecular flexibility index (Phi) is 4.23. The number of nitrogens with zero attached hydrogens (tertiary/aromatic N) is 1. The van der Waals surface area contributed by atoms with Crippen molar-refractivity contribution < 1.29 is 9.72 Å². The number of carbonyl (C=O) groups excluding carboxylic acids is 1. The van der Waals surface area contributed by atoms with Gasteiger partial charge in [-0.2, -0.15) is 0 Å². The van der Waals surface area contributed by atoms with Crippen molar-refractivity contribution in [1.29, 1.82) is 0 Å². The molecule has 1 N–H and O–H groups in total. The van der Waals surface area contributed by atoms with Crippen LogP contribution in [-0.4, -0.2) is 10.8 Å².